The molecule has 3 heteroatoms. The van der Waals surface area contributed by atoms with E-state index in [0.717, 1.165) is 12.7 Å². The van der Waals surface area contributed by atoms with Crippen LogP contribution in [-0.4, -0.2) is 20.7 Å². The Labute approximate surface area is 133 Å². The molecule has 0 unspecified atom stereocenters. The molecule has 0 heterocycles. The molecule has 0 amide bonds. The fourth-order valence-corrected chi connectivity index (χ4v) is 3.41. The topological polar surface area (TPSA) is 26.3 Å². The predicted octanol–water partition coefficient (Wildman–Crippen LogP) is 5.74. The molecule has 2 atom stereocenters. The molecular formula is C18H36O2Si. The maximum absolute atomic E-state index is 11.3. The number of hydrogen-bond acceptors (Lipinski definition) is 2. The van der Waals surface area contributed by atoms with E-state index in [-0.39, 0.29) is 17.1 Å². The summed E-state index contributed by atoms with van der Waals surface area (Å²) in [6.45, 7) is 17.5. The Balaban J connectivity index is 5.01. The molecule has 21 heavy (non-hydrogen) atoms. The van der Waals surface area contributed by atoms with Crippen molar-refractivity contribution in [3.8, 4) is 0 Å². The molecule has 0 bridgehead atoms. The van der Waals surface area contributed by atoms with Crippen molar-refractivity contribution < 1.29 is 9.22 Å². The molecule has 0 rings (SSSR count). The maximum atomic E-state index is 11.3. The second kappa shape index (κ2) is 8.89. The molecule has 0 aromatic heterocycles. The number of hydrogen-bond donors (Lipinski definition) is 0. The van der Waals surface area contributed by atoms with E-state index in [2.05, 4.69) is 53.8 Å². The number of aldehydes is 1. The van der Waals surface area contributed by atoms with Gasteiger partial charge in [-0.3, -0.25) is 0 Å². The first-order valence-electron chi connectivity index (χ1n) is 8.36. The minimum atomic E-state index is -1.86. The molecule has 0 aliphatic heterocycles. The van der Waals surface area contributed by atoms with Gasteiger partial charge in [-0.25, -0.2) is 0 Å². The molecule has 0 aromatic carbocycles. The summed E-state index contributed by atoms with van der Waals surface area (Å²) < 4.78 is 6.51. The lowest BCUT2D eigenvalue weighted by Gasteiger charge is -2.40. The SMILES string of the molecule is CCCCC/C=C(\C)[C@H](O[Si](C)(C)C(C)(C)C)[C@H](C)C=O. The van der Waals surface area contributed by atoms with Gasteiger partial charge in [0.25, 0.3) is 0 Å². The van der Waals surface area contributed by atoms with Gasteiger partial charge in [0.05, 0.1) is 6.10 Å². The molecule has 0 spiro atoms. The van der Waals surface area contributed by atoms with E-state index >= 15 is 0 Å². The third-order valence-corrected chi connectivity index (χ3v) is 9.10. The molecular weight excluding hydrogens is 276 g/mol. The first-order chi connectivity index (χ1) is 9.56. The zero-order chi connectivity index (χ0) is 16.7. The van der Waals surface area contributed by atoms with Crippen molar-refractivity contribution in [3.63, 3.8) is 0 Å². The van der Waals surface area contributed by atoms with Crippen LogP contribution in [0.2, 0.25) is 18.1 Å². The van der Waals surface area contributed by atoms with Gasteiger partial charge in [-0.2, -0.15) is 0 Å². The van der Waals surface area contributed by atoms with E-state index < -0.39 is 8.32 Å². The highest BCUT2D eigenvalue weighted by atomic mass is 28.4. The van der Waals surface area contributed by atoms with Crippen LogP contribution < -0.4 is 0 Å². The van der Waals surface area contributed by atoms with E-state index in [1.165, 1.54) is 24.8 Å². The second-order valence-corrected chi connectivity index (χ2v) is 12.5. The highest BCUT2D eigenvalue weighted by molar-refractivity contribution is 6.74. The average Bonchev–Trinajstić information content (AvgIpc) is 2.38. The minimum Gasteiger partial charge on any atom is -0.410 e. The van der Waals surface area contributed by atoms with Crippen LogP contribution in [0.15, 0.2) is 11.6 Å². The zero-order valence-corrected chi connectivity index (χ0v) is 16.5. The van der Waals surface area contributed by atoms with E-state index in [9.17, 15) is 4.79 Å². The minimum absolute atomic E-state index is 0.0648. The van der Waals surface area contributed by atoms with Crippen LogP contribution in [0.5, 0.6) is 0 Å². The van der Waals surface area contributed by atoms with E-state index in [4.69, 9.17) is 4.43 Å². The molecule has 0 fully saturated rings. The lowest BCUT2D eigenvalue weighted by molar-refractivity contribution is -0.112. The van der Waals surface area contributed by atoms with Gasteiger partial charge >= 0.3 is 0 Å². The van der Waals surface area contributed by atoms with E-state index in [1.807, 2.05) is 6.92 Å². The van der Waals surface area contributed by atoms with Gasteiger partial charge in [-0.1, -0.05) is 53.5 Å². The van der Waals surface area contributed by atoms with Crippen molar-refractivity contribution in [2.75, 3.05) is 0 Å². The molecule has 0 N–H and O–H groups in total. The highest BCUT2D eigenvalue weighted by Gasteiger charge is 2.40. The van der Waals surface area contributed by atoms with Crippen molar-refractivity contribution in [2.24, 2.45) is 5.92 Å². The fourth-order valence-electron chi connectivity index (χ4n) is 2.02. The quantitative estimate of drug-likeness (QED) is 0.235. The average molecular weight is 313 g/mol. The Morgan fingerprint density at radius 1 is 1.24 bits per heavy atom. The largest absolute Gasteiger partial charge is 0.410 e. The number of carbonyl (C=O) groups excluding carboxylic acids is 1. The summed E-state index contributed by atoms with van der Waals surface area (Å²) >= 11 is 0. The van der Waals surface area contributed by atoms with E-state index in [1.54, 1.807) is 0 Å². The summed E-state index contributed by atoms with van der Waals surface area (Å²) in [5.41, 5.74) is 1.22. The fraction of sp³-hybridized carbons (Fsp3) is 0.833. The first-order valence-corrected chi connectivity index (χ1v) is 11.3. The number of rotatable bonds is 9. The molecule has 0 aliphatic rings. The Morgan fingerprint density at radius 3 is 2.24 bits per heavy atom. The molecule has 0 aromatic rings. The van der Waals surface area contributed by atoms with Crippen molar-refractivity contribution in [3.05, 3.63) is 11.6 Å². The predicted molar refractivity (Wildman–Crippen MR) is 95.2 cm³/mol. The van der Waals surface area contributed by atoms with Gasteiger partial charge in [-0.15, -0.1) is 0 Å². The highest BCUT2D eigenvalue weighted by Crippen LogP contribution is 2.39. The molecule has 0 saturated heterocycles. The molecule has 2 nitrogen and oxygen atoms in total. The molecule has 0 radical (unpaired) electrons. The van der Waals surface area contributed by atoms with Crippen LogP contribution in [-0.2, 0) is 9.22 Å². The van der Waals surface area contributed by atoms with Crippen molar-refractivity contribution in [2.45, 2.75) is 91.5 Å². The lowest BCUT2D eigenvalue weighted by Crippen LogP contribution is -2.46. The lowest BCUT2D eigenvalue weighted by atomic mass is 9.98. The van der Waals surface area contributed by atoms with Gasteiger partial charge in [-0.05, 0) is 43.5 Å². The number of unbranched alkanes of at least 4 members (excludes halogenated alkanes) is 3. The normalized spacial score (nSPS) is 16.7. The Hall–Kier alpha value is -0.413. The van der Waals surface area contributed by atoms with Gasteiger partial charge in [0.15, 0.2) is 8.32 Å². The van der Waals surface area contributed by atoms with Crippen LogP contribution in [0.3, 0.4) is 0 Å². The first kappa shape index (κ1) is 20.6. The van der Waals surface area contributed by atoms with Crippen molar-refractivity contribution >= 4 is 14.6 Å². The Morgan fingerprint density at radius 2 is 1.81 bits per heavy atom. The van der Waals surface area contributed by atoms with Crippen LogP contribution in [0.1, 0.15) is 67.2 Å². The van der Waals surface area contributed by atoms with Gasteiger partial charge in [0, 0.05) is 5.92 Å². The van der Waals surface area contributed by atoms with Crippen LogP contribution >= 0.6 is 0 Å². The standard InChI is InChI=1S/C18H36O2Si/c1-9-10-11-12-13-15(2)17(16(3)14-19)20-21(7,8)18(4,5)6/h13-14,16-17H,9-12H2,1-8H3/b15-13+/t16-,17+/m1/s1. The number of carbonyl (C=O) groups is 1. The van der Waals surface area contributed by atoms with Gasteiger partial charge in [0.2, 0.25) is 0 Å². The monoisotopic (exact) mass is 312 g/mol. The van der Waals surface area contributed by atoms with Gasteiger partial charge in [0.1, 0.15) is 6.29 Å². The third kappa shape index (κ3) is 6.92. The third-order valence-electron chi connectivity index (χ3n) is 4.64. The molecule has 0 aliphatic carbocycles. The van der Waals surface area contributed by atoms with Gasteiger partial charge < -0.3 is 9.22 Å². The summed E-state index contributed by atoms with van der Waals surface area (Å²) in [5, 5.41) is 0.163. The number of allylic oxidation sites excluding steroid dienone is 1. The van der Waals surface area contributed by atoms with E-state index in [0.29, 0.717) is 0 Å². The van der Waals surface area contributed by atoms with Crippen molar-refractivity contribution in [1.82, 2.24) is 0 Å². The summed E-state index contributed by atoms with van der Waals surface area (Å²) in [7, 11) is -1.86. The zero-order valence-electron chi connectivity index (χ0n) is 15.5. The summed E-state index contributed by atoms with van der Waals surface area (Å²) in [6.07, 6.45) is 8.04. The van der Waals surface area contributed by atoms with Crippen molar-refractivity contribution in [1.29, 1.82) is 0 Å². The van der Waals surface area contributed by atoms with Crippen LogP contribution in [0.4, 0.5) is 0 Å². The summed E-state index contributed by atoms with van der Waals surface area (Å²) in [6, 6.07) is 0. The van der Waals surface area contributed by atoms with Crippen LogP contribution in [0, 0.1) is 5.92 Å². The van der Waals surface area contributed by atoms with Crippen LogP contribution in [0.25, 0.3) is 0 Å². The summed E-state index contributed by atoms with van der Waals surface area (Å²) in [4.78, 5) is 11.3. The second-order valence-electron chi connectivity index (χ2n) is 7.74. The maximum Gasteiger partial charge on any atom is 0.192 e. The Bertz CT molecular complexity index is 340. The smallest absolute Gasteiger partial charge is 0.192 e. The molecule has 124 valence electrons. The Kier molecular flexibility index (Phi) is 8.72. The molecule has 0 saturated carbocycles. The summed E-state index contributed by atoms with van der Waals surface area (Å²) in [5.74, 6) is -0.0819.